The van der Waals surface area contributed by atoms with Gasteiger partial charge < -0.3 is 14.7 Å². The Hall–Kier alpha value is -1.95. The highest BCUT2D eigenvalue weighted by Gasteiger charge is 2.22. The number of carboxylic acids is 1. The van der Waals surface area contributed by atoms with E-state index in [9.17, 15) is 9.18 Å². The lowest BCUT2D eigenvalue weighted by atomic mass is 10.2. The van der Waals surface area contributed by atoms with Crippen LogP contribution in [0.25, 0.3) is 0 Å². The highest BCUT2D eigenvalue weighted by molar-refractivity contribution is 5.85. The maximum Gasteiger partial charge on any atom is 0.354 e. The number of carbonyl (C=O) groups is 1. The average molecular weight is 252 g/mol. The average Bonchev–Trinajstić information content (AvgIpc) is 2.39. The van der Waals surface area contributed by atoms with Gasteiger partial charge in [-0.3, -0.25) is 0 Å². The number of morpholine rings is 1. The maximum atomic E-state index is 13.7. The Kier molecular flexibility index (Phi) is 3.57. The molecule has 5 nitrogen and oxygen atoms in total. The van der Waals surface area contributed by atoms with Gasteiger partial charge >= 0.3 is 5.97 Å². The molecule has 1 aromatic heterocycles. The molecular formula is C12H13FN2O3. The van der Waals surface area contributed by atoms with Crippen molar-refractivity contribution in [1.29, 1.82) is 0 Å². The lowest BCUT2D eigenvalue weighted by Crippen LogP contribution is -2.42. The highest BCUT2D eigenvalue weighted by Crippen LogP contribution is 2.20. The van der Waals surface area contributed by atoms with Gasteiger partial charge in [0, 0.05) is 13.1 Å². The van der Waals surface area contributed by atoms with Crippen LogP contribution in [-0.4, -0.2) is 41.9 Å². The van der Waals surface area contributed by atoms with Crippen molar-refractivity contribution in [1.82, 2.24) is 4.98 Å². The second-order valence-corrected chi connectivity index (χ2v) is 3.90. The van der Waals surface area contributed by atoms with Gasteiger partial charge in [-0.25, -0.2) is 14.2 Å². The van der Waals surface area contributed by atoms with Crippen LogP contribution in [-0.2, 0) is 4.74 Å². The Labute approximate surface area is 104 Å². The smallest absolute Gasteiger partial charge is 0.354 e. The van der Waals surface area contributed by atoms with Gasteiger partial charge in [0.1, 0.15) is 0 Å². The van der Waals surface area contributed by atoms with Crippen molar-refractivity contribution >= 4 is 11.8 Å². The topological polar surface area (TPSA) is 62.7 Å². The van der Waals surface area contributed by atoms with E-state index in [1.165, 1.54) is 0 Å². The summed E-state index contributed by atoms with van der Waals surface area (Å²) in [5, 5.41) is 8.85. The summed E-state index contributed by atoms with van der Waals surface area (Å²) in [6.07, 6.45) is 1.43. The van der Waals surface area contributed by atoms with Crippen LogP contribution in [0, 0.1) is 5.82 Å². The first-order valence-electron chi connectivity index (χ1n) is 5.50. The van der Waals surface area contributed by atoms with Gasteiger partial charge in [0.2, 0.25) is 0 Å². The second-order valence-electron chi connectivity index (χ2n) is 3.90. The van der Waals surface area contributed by atoms with E-state index in [0.717, 1.165) is 12.1 Å². The Morgan fingerprint density at radius 2 is 2.44 bits per heavy atom. The lowest BCUT2D eigenvalue weighted by molar-refractivity contribution is 0.0688. The fourth-order valence-electron chi connectivity index (χ4n) is 1.78. The van der Waals surface area contributed by atoms with E-state index in [0.29, 0.717) is 19.7 Å². The molecule has 6 heteroatoms. The number of pyridine rings is 1. The highest BCUT2D eigenvalue weighted by atomic mass is 19.1. The van der Waals surface area contributed by atoms with Crippen molar-refractivity contribution in [2.45, 2.75) is 6.10 Å². The SMILES string of the molecule is C=C[C@@H]1CN(c2nc(C(=O)O)ccc2F)CCO1. The number of anilines is 1. The molecule has 0 aromatic carbocycles. The maximum absolute atomic E-state index is 13.7. The summed E-state index contributed by atoms with van der Waals surface area (Å²) in [6.45, 7) is 4.93. The third kappa shape index (κ3) is 2.48. The molecule has 0 unspecified atom stereocenters. The number of hydrogen-bond acceptors (Lipinski definition) is 4. The van der Waals surface area contributed by atoms with Gasteiger partial charge in [-0.15, -0.1) is 6.58 Å². The first-order chi connectivity index (χ1) is 8.61. The zero-order chi connectivity index (χ0) is 13.1. The van der Waals surface area contributed by atoms with Crippen LogP contribution in [0.3, 0.4) is 0 Å². The van der Waals surface area contributed by atoms with Gasteiger partial charge in [-0.05, 0) is 12.1 Å². The zero-order valence-electron chi connectivity index (χ0n) is 9.67. The molecule has 1 fully saturated rings. The molecule has 0 aliphatic carbocycles. The van der Waals surface area contributed by atoms with E-state index in [1.54, 1.807) is 11.0 Å². The quantitative estimate of drug-likeness (QED) is 0.822. The molecule has 0 bridgehead atoms. The Morgan fingerprint density at radius 3 is 3.11 bits per heavy atom. The number of ether oxygens (including phenoxy) is 1. The number of hydrogen-bond donors (Lipinski definition) is 1. The minimum atomic E-state index is -1.18. The molecule has 2 heterocycles. The fourth-order valence-corrected chi connectivity index (χ4v) is 1.78. The molecule has 1 aromatic rings. The second kappa shape index (κ2) is 5.14. The standard InChI is InChI=1S/C12H13FN2O3/c1-2-8-7-15(5-6-18-8)11-9(13)3-4-10(14-11)12(16)17/h2-4,8H,1,5-7H2,(H,16,17)/t8-/m1/s1. The predicted molar refractivity (Wildman–Crippen MR) is 63.3 cm³/mol. The van der Waals surface area contributed by atoms with Crippen LogP contribution >= 0.6 is 0 Å². The minimum Gasteiger partial charge on any atom is -0.477 e. The van der Waals surface area contributed by atoms with Gasteiger partial charge in [-0.1, -0.05) is 6.08 Å². The summed E-state index contributed by atoms with van der Waals surface area (Å²) in [4.78, 5) is 16.3. The van der Waals surface area contributed by atoms with Crippen molar-refractivity contribution in [3.05, 3.63) is 36.3 Å². The number of halogens is 1. The summed E-state index contributed by atoms with van der Waals surface area (Å²) in [5.74, 6) is -1.67. The van der Waals surface area contributed by atoms with Crippen molar-refractivity contribution in [2.75, 3.05) is 24.6 Å². The molecule has 96 valence electrons. The monoisotopic (exact) mass is 252 g/mol. The number of rotatable bonds is 3. The van der Waals surface area contributed by atoms with Crippen LogP contribution in [0.2, 0.25) is 0 Å². The number of aromatic nitrogens is 1. The van der Waals surface area contributed by atoms with Crippen molar-refractivity contribution in [3.63, 3.8) is 0 Å². The third-order valence-corrected chi connectivity index (χ3v) is 2.70. The molecule has 1 aliphatic heterocycles. The van der Waals surface area contributed by atoms with E-state index in [1.807, 2.05) is 0 Å². The van der Waals surface area contributed by atoms with E-state index in [-0.39, 0.29) is 17.6 Å². The molecule has 0 radical (unpaired) electrons. The summed E-state index contributed by atoms with van der Waals surface area (Å²) in [7, 11) is 0. The van der Waals surface area contributed by atoms with E-state index in [2.05, 4.69) is 11.6 Å². The summed E-state index contributed by atoms with van der Waals surface area (Å²) >= 11 is 0. The molecule has 1 saturated heterocycles. The van der Waals surface area contributed by atoms with Crippen LogP contribution in [0.1, 0.15) is 10.5 Å². The number of nitrogens with zero attached hydrogens (tertiary/aromatic N) is 2. The van der Waals surface area contributed by atoms with Crippen molar-refractivity contribution < 1.29 is 19.0 Å². The van der Waals surface area contributed by atoms with E-state index < -0.39 is 11.8 Å². The van der Waals surface area contributed by atoms with Gasteiger partial charge in [0.25, 0.3) is 0 Å². The van der Waals surface area contributed by atoms with Crippen LogP contribution in [0.15, 0.2) is 24.8 Å². The molecule has 0 spiro atoms. The fraction of sp³-hybridized carbons (Fsp3) is 0.333. The normalized spacial score (nSPS) is 19.6. The molecule has 1 atom stereocenters. The number of carboxylic acid groups (broad SMARTS) is 1. The lowest BCUT2D eigenvalue weighted by Gasteiger charge is -2.32. The summed E-state index contributed by atoms with van der Waals surface area (Å²) in [5.41, 5.74) is -0.173. The number of aromatic carboxylic acids is 1. The van der Waals surface area contributed by atoms with Gasteiger partial charge in [0.15, 0.2) is 17.3 Å². The molecule has 1 aliphatic rings. The molecule has 0 saturated carbocycles. The van der Waals surface area contributed by atoms with Crippen molar-refractivity contribution in [3.8, 4) is 0 Å². The first kappa shape index (κ1) is 12.5. The minimum absolute atomic E-state index is 0.0463. The van der Waals surface area contributed by atoms with E-state index >= 15 is 0 Å². The molecular weight excluding hydrogens is 239 g/mol. The predicted octanol–water partition coefficient (Wildman–Crippen LogP) is 1.31. The van der Waals surface area contributed by atoms with Crippen LogP contribution in [0.5, 0.6) is 0 Å². The Balaban J connectivity index is 2.28. The molecule has 0 amide bonds. The summed E-state index contributed by atoms with van der Waals surface area (Å²) < 4.78 is 19.1. The largest absolute Gasteiger partial charge is 0.477 e. The molecule has 1 N–H and O–H groups in total. The molecule has 2 rings (SSSR count). The van der Waals surface area contributed by atoms with Gasteiger partial charge in [-0.2, -0.15) is 0 Å². The van der Waals surface area contributed by atoms with Crippen molar-refractivity contribution in [2.24, 2.45) is 0 Å². The van der Waals surface area contributed by atoms with Crippen LogP contribution < -0.4 is 4.90 Å². The van der Waals surface area contributed by atoms with Gasteiger partial charge in [0.05, 0.1) is 12.7 Å². The first-order valence-corrected chi connectivity index (χ1v) is 5.50. The third-order valence-electron chi connectivity index (χ3n) is 2.70. The zero-order valence-corrected chi connectivity index (χ0v) is 9.67. The molecule has 18 heavy (non-hydrogen) atoms. The Morgan fingerprint density at radius 1 is 1.67 bits per heavy atom. The Bertz CT molecular complexity index is 478. The van der Waals surface area contributed by atoms with Crippen LogP contribution in [0.4, 0.5) is 10.2 Å². The van der Waals surface area contributed by atoms with E-state index in [4.69, 9.17) is 9.84 Å². The summed E-state index contributed by atoms with van der Waals surface area (Å²) in [6, 6.07) is 2.26.